The lowest BCUT2D eigenvalue weighted by Gasteiger charge is -2.06. The van der Waals surface area contributed by atoms with E-state index in [-0.39, 0.29) is 18.2 Å². The van der Waals surface area contributed by atoms with Gasteiger partial charge < -0.3 is 9.73 Å². The summed E-state index contributed by atoms with van der Waals surface area (Å²) in [6.45, 7) is 1.39. The van der Waals surface area contributed by atoms with Crippen LogP contribution < -0.4 is 5.32 Å². The molecule has 132 valence electrons. The van der Waals surface area contributed by atoms with Gasteiger partial charge in [-0.25, -0.2) is 4.39 Å². The van der Waals surface area contributed by atoms with E-state index in [4.69, 9.17) is 27.6 Å². The number of rotatable bonds is 6. The van der Waals surface area contributed by atoms with E-state index in [1.54, 1.807) is 18.2 Å². The van der Waals surface area contributed by atoms with E-state index in [9.17, 15) is 4.39 Å². The number of halogens is 4. The van der Waals surface area contributed by atoms with Gasteiger partial charge in [0.05, 0.1) is 6.54 Å². The summed E-state index contributed by atoms with van der Waals surface area (Å²) < 4.78 is 18.7. The van der Waals surface area contributed by atoms with E-state index in [0.29, 0.717) is 16.6 Å². The molecule has 0 unspecified atom stereocenters. The minimum Gasteiger partial charge on any atom is -0.460 e. The Labute approximate surface area is 162 Å². The molecule has 0 aliphatic heterocycles. The largest absolute Gasteiger partial charge is 0.460 e. The second-order valence-corrected chi connectivity index (χ2v) is 6.28. The highest BCUT2D eigenvalue weighted by molar-refractivity contribution is 6.35. The third-order valence-electron chi connectivity index (χ3n) is 3.68. The highest BCUT2D eigenvalue weighted by atomic mass is 35.5. The molecule has 0 amide bonds. The van der Waals surface area contributed by atoms with Gasteiger partial charge in [-0.2, -0.15) is 0 Å². The average Bonchev–Trinajstić information content (AvgIpc) is 3.03. The monoisotopic (exact) mass is 399 g/mol. The Balaban J connectivity index is 0.00000225. The molecule has 0 fully saturated rings. The van der Waals surface area contributed by atoms with Crippen molar-refractivity contribution in [1.82, 2.24) is 5.32 Å². The van der Waals surface area contributed by atoms with Crippen LogP contribution in [0, 0.1) is 5.82 Å². The Morgan fingerprint density at radius 1 is 0.960 bits per heavy atom. The zero-order valence-corrected chi connectivity index (χ0v) is 15.6. The van der Waals surface area contributed by atoms with Crippen LogP contribution in [0.1, 0.15) is 11.3 Å². The molecular formula is C19H17Cl3FNO. The fourth-order valence-corrected chi connectivity index (χ4v) is 2.90. The summed E-state index contributed by atoms with van der Waals surface area (Å²) in [4.78, 5) is 0. The molecule has 3 aromatic rings. The molecule has 1 aromatic heterocycles. The molecule has 1 heterocycles. The SMILES string of the molecule is Cl.Fc1ccc(-c2ccc(CNCCc3ccc(Cl)cc3Cl)o2)cc1. The molecule has 1 N–H and O–H groups in total. The lowest BCUT2D eigenvalue weighted by atomic mass is 10.1. The highest BCUT2D eigenvalue weighted by Gasteiger charge is 2.05. The molecule has 6 heteroatoms. The molecule has 2 aromatic carbocycles. The van der Waals surface area contributed by atoms with Crippen LogP contribution in [-0.4, -0.2) is 6.54 Å². The molecule has 0 aliphatic carbocycles. The van der Waals surface area contributed by atoms with E-state index in [0.717, 1.165) is 35.6 Å². The summed E-state index contributed by atoms with van der Waals surface area (Å²) in [5, 5.41) is 4.64. The van der Waals surface area contributed by atoms with Gasteiger partial charge in [-0.3, -0.25) is 0 Å². The Bertz CT molecular complexity index is 818. The molecule has 0 saturated carbocycles. The van der Waals surface area contributed by atoms with Crippen molar-refractivity contribution in [2.45, 2.75) is 13.0 Å². The van der Waals surface area contributed by atoms with E-state index in [2.05, 4.69) is 5.32 Å². The van der Waals surface area contributed by atoms with Gasteiger partial charge in [-0.1, -0.05) is 29.3 Å². The predicted molar refractivity (Wildman–Crippen MR) is 103 cm³/mol. The molecule has 3 rings (SSSR count). The van der Waals surface area contributed by atoms with Gasteiger partial charge in [0.1, 0.15) is 17.3 Å². The second-order valence-electron chi connectivity index (χ2n) is 5.44. The summed E-state index contributed by atoms with van der Waals surface area (Å²) in [5.74, 6) is 1.30. The van der Waals surface area contributed by atoms with Crippen LogP contribution in [0.2, 0.25) is 10.0 Å². The highest BCUT2D eigenvalue weighted by Crippen LogP contribution is 2.23. The van der Waals surface area contributed by atoms with Gasteiger partial charge in [0.15, 0.2) is 0 Å². The van der Waals surface area contributed by atoms with Crippen LogP contribution in [0.25, 0.3) is 11.3 Å². The predicted octanol–water partition coefficient (Wildman–Crippen LogP) is 6.15. The molecule has 0 spiro atoms. The van der Waals surface area contributed by atoms with Crippen LogP contribution in [0.15, 0.2) is 59.0 Å². The third-order valence-corrected chi connectivity index (χ3v) is 4.26. The lowest BCUT2D eigenvalue weighted by molar-refractivity contribution is 0.494. The van der Waals surface area contributed by atoms with Crippen molar-refractivity contribution >= 4 is 35.6 Å². The molecule has 0 aliphatic rings. The first-order valence-corrected chi connectivity index (χ1v) is 8.37. The topological polar surface area (TPSA) is 25.2 Å². The van der Waals surface area contributed by atoms with Crippen molar-refractivity contribution in [2.24, 2.45) is 0 Å². The van der Waals surface area contributed by atoms with Crippen molar-refractivity contribution in [3.8, 4) is 11.3 Å². The van der Waals surface area contributed by atoms with Crippen LogP contribution in [0.4, 0.5) is 4.39 Å². The van der Waals surface area contributed by atoms with Crippen LogP contribution in [0.3, 0.4) is 0 Å². The third kappa shape index (κ3) is 5.48. The fraction of sp³-hybridized carbons (Fsp3) is 0.158. The van der Waals surface area contributed by atoms with Crippen molar-refractivity contribution < 1.29 is 8.81 Å². The van der Waals surface area contributed by atoms with Gasteiger partial charge in [0.25, 0.3) is 0 Å². The maximum Gasteiger partial charge on any atom is 0.134 e. The number of benzene rings is 2. The molecule has 25 heavy (non-hydrogen) atoms. The standard InChI is InChI=1S/C19H16Cl2FNO.ClH/c20-15-4-1-13(18(21)11-15)9-10-23-12-17-7-8-19(24-17)14-2-5-16(22)6-3-14;/h1-8,11,23H,9-10,12H2;1H. The average molecular weight is 401 g/mol. The first kappa shape index (κ1) is 19.8. The maximum atomic E-state index is 12.9. The summed E-state index contributed by atoms with van der Waals surface area (Å²) >= 11 is 12.0. The van der Waals surface area contributed by atoms with Crippen molar-refractivity contribution in [3.05, 3.63) is 81.8 Å². The number of furan rings is 1. The summed E-state index contributed by atoms with van der Waals surface area (Å²) in [5.41, 5.74) is 1.91. The molecular weight excluding hydrogens is 384 g/mol. The van der Waals surface area contributed by atoms with E-state index < -0.39 is 0 Å². The molecule has 0 bridgehead atoms. The van der Waals surface area contributed by atoms with Crippen LogP contribution >= 0.6 is 35.6 Å². The van der Waals surface area contributed by atoms with E-state index in [1.165, 1.54) is 12.1 Å². The molecule has 0 atom stereocenters. The first-order chi connectivity index (χ1) is 11.6. The smallest absolute Gasteiger partial charge is 0.134 e. The molecule has 2 nitrogen and oxygen atoms in total. The zero-order valence-electron chi connectivity index (χ0n) is 13.3. The van der Waals surface area contributed by atoms with Gasteiger partial charge in [-0.05, 0) is 67.1 Å². The maximum absolute atomic E-state index is 12.9. The van der Waals surface area contributed by atoms with Crippen LogP contribution in [0.5, 0.6) is 0 Å². The van der Waals surface area contributed by atoms with E-state index >= 15 is 0 Å². The zero-order chi connectivity index (χ0) is 16.9. The normalized spacial score (nSPS) is 10.5. The second kappa shape index (κ2) is 9.25. The van der Waals surface area contributed by atoms with Crippen molar-refractivity contribution in [1.29, 1.82) is 0 Å². The fourth-order valence-electron chi connectivity index (χ4n) is 2.40. The first-order valence-electron chi connectivity index (χ1n) is 7.61. The summed E-state index contributed by atoms with van der Waals surface area (Å²) in [6.07, 6.45) is 0.807. The van der Waals surface area contributed by atoms with Gasteiger partial charge in [0, 0.05) is 15.6 Å². The Kier molecular flexibility index (Phi) is 7.33. The molecule has 0 saturated heterocycles. The van der Waals surface area contributed by atoms with Gasteiger partial charge in [0.2, 0.25) is 0 Å². The van der Waals surface area contributed by atoms with Gasteiger partial charge in [-0.15, -0.1) is 12.4 Å². The van der Waals surface area contributed by atoms with Crippen molar-refractivity contribution in [2.75, 3.05) is 6.54 Å². The Morgan fingerprint density at radius 2 is 1.72 bits per heavy atom. The quantitative estimate of drug-likeness (QED) is 0.502. The number of hydrogen-bond acceptors (Lipinski definition) is 2. The lowest BCUT2D eigenvalue weighted by Crippen LogP contribution is -2.16. The number of hydrogen-bond donors (Lipinski definition) is 1. The summed E-state index contributed by atoms with van der Waals surface area (Å²) in [7, 11) is 0. The van der Waals surface area contributed by atoms with Gasteiger partial charge >= 0.3 is 0 Å². The van der Waals surface area contributed by atoms with E-state index in [1.807, 2.05) is 24.3 Å². The minimum atomic E-state index is -0.256. The Hall–Kier alpha value is -1.52. The Morgan fingerprint density at radius 3 is 2.44 bits per heavy atom. The van der Waals surface area contributed by atoms with Crippen LogP contribution in [-0.2, 0) is 13.0 Å². The van der Waals surface area contributed by atoms with Crippen molar-refractivity contribution in [3.63, 3.8) is 0 Å². The molecule has 0 radical (unpaired) electrons. The minimum absolute atomic E-state index is 0. The number of nitrogens with one attached hydrogen (secondary N) is 1. The summed E-state index contributed by atoms with van der Waals surface area (Å²) in [6, 6.07) is 15.6.